The molecule has 0 atom stereocenters. The molecule has 1 aromatic heterocycles. The third-order valence-corrected chi connectivity index (χ3v) is 6.91. The zero-order chi connectivity index (χ0) is 24.6. The molecular weight excluding hydrogens is 520 g/mol. The molecular formula is C25H19BrN2O5S. The van der Waals surface area contributed by atoms with Gasteiger partial charge in [-0.25, -0.2) is 4.79 Å². The minimum atomic E-state index is -0.998. The number of halogens is 1. The highest BCUT2D eigenvalue weighted by molar-refractivity contribution is 9.10. The molecule has 7 nitrogen and oxygen atoms in total. The van der Waals surface area contributed by atoms with Gasteiger partial charge in [0, 0.05) is 27.1 Å². The van der Waals surface area contributed by atoms with Gasteiger partial charge in [0.2, 0.25) is 0 Å². The number of aromatic carboxylic acids is 1. The van der Waals surface area contributed by atoms with E-state index in [-0.39, 0.29) is 22.8 Å². The molecule has 1 aliphatic rings. The molecule has 172 valence electrons. The van der Waals surface area contributed by atoms with Crippen LogP contribution in [-0.2, 0) is 4.79 Å². The molecule has 1 fully saturated rings. The Morgan fingerprint density at radius 3 is 2.24 bits per heavy atom. The number of hydrogen-bond donors (Lipinski definition) is 1. The van der Waals surface area contributed by atoms with Crippen molar-refractivity contribution in [2.24, 2.45) is 0 Å². The van der Waals surface area contributed by atoms with Gasteiger partial charge in [-0.3, -0.25) is 19.3 Å². The summed E-state index contributed by atoms with van der Waals surface area (Å²) < 4.78 is 2.77. The highest BCUT2D eigenvalue weighted by atomic mass is 79.9. The van der Waals surface area contributed by atoms with Crippen molar-refractivity contribution in [3.8, 4) is 5.69 Å². The van der Waals surface area contributed by atoms with E-state index in [9.17, 15) is 19.2 Å². The number of imide groups is 1. The van der Waals surface area contributed by atoms with Gasteiger partial charge in [-0.15, -0.1) is 0 Å². The Labute approximate surface area is 208 Å². The molecule has 1 saturated heterocycles. The fourth-order valence-electron chi connectivity index (χ4n) is 3.73. The second kappa shape index (κ2) is 9.44. The molecule has 1 N–H and O–H groups in total. The van der Waals surface area contributed by atoms with Crippen molar-refractivity contribution in [1.82, 2.24) is 9.47 Å². The smallest absolute Gasteiger partial charge is 0.335 e. The Morgan fingerprint density at radius 2 is 1.62 bits per heavy atom. The molecule has 0 spiro atoms. The third-order valence-electron chi connectivity index (χ3n) is 5.47. The number of Topliss-reactive ketones (excluding diaryl/α,β-unsaturated/α-hetero) is 1. The zero-order valence-corrected chi connectivity index (χ0v) is 20.6. The van der Waals surface area contributed by atoms with Crippen molar-refractivity contribution < 1.29 is 24.3 Å². The van der Waals surface area contributed by atoms with Gasteiger partial charge in [0.15, 0.2) is 5.78 Å². The molecule has 3 aromatic rings. The lowest BCUT2D eigenvalue weighted by molar-refractivity contribution is -0.122. The van der Waals surface area contributed by atoms with Gasteiger partial charge in [-0.2, -0.15) is 0 Å². The molecule has 4 rings (SSSR count). The number of carbonyl (C=O) groups is 4. The average molecular weight is 539 g/mol. The van der Waals surface area contributed by atoms with E-state index >= 15 is 0 Å². The number of hydrogen-bond acceptors (Lipinski definition) is 5. The maximum absolute atomic E-state index is 12.9. The van der Waals surface area contributed by atoms with E-state index in [4.69, 9.17) is 5.11 Å². The lowest BCUT2D eigenvalue weighted by atomic mass is 10.1. The summed E-state index contributed by atoms with van der Waals surface area (Å²) in [4.78, 5) is 50.3. The van der Waals surface area contributed by atoms with E-state index in [1.54, 1.807) is 42.5 Å². The summed E-state index contributed by atoms with van der Waals surface area (Å²) in [7, 11) is 0. The summed E-state index contributed by atoms with van der Waals surface area (Å²) in [6, 6.07) is 15.1. The molecule has 2 aromatic carbocycles. The molecule has 9 heteroatoms. The van der Waals surface area contributed by atoms with E-state index in [2.05, 4.69) is 15.9 Å². The maximum Gasteiger partial charge on any atom is 0.335 e. The van der Waals surface area contributed by atoms with E-state index in [1.807, 2.05) is 24.5 Å². The molecule has 1 aliphatic heterocycles. The molecule has 0 radical (unpaired) electrons. The highest BCUT2D eigenvalue weighted by Gasteiger charge is 2.36. The van der Waals surface area contributed by atoms with Crippen molar-refractivity contribution in [2.45, 2.75) is 13.8 Å². The number of ketones is 1. The number of benzene rings is 2. The van der Waals surface area contributed by atoms with E-state index in [0.29, 0.717) is 5.56 Å². The molecule has 34 heavy (non-hydrogen) atoms. The minimum absolute atomic E-state index is 0.192. The van der Waals surface area contributed by atoms with Gasteiger partial charge in [0.25, 0.3) is 11.1 Å². The predicted octanol–water partition coefficient (Wildman–Crippen LogP) is 5.47. The first-order valence-electron chi connectivity index (χ1n) is 10.2. The number of aryl methyl sites for hydroxylation is 1. The second-order valence-electron chi connectivity index (χ2n) is 7.71. The monoisotopic (exact) mass is 538 g/mol. The Bertz CT molecular complexity index is 1360. The number of carboxylic acids is 1. The summed E-state index contributed by atoms with van der Waals surface area (Å²) >= 11 is 4.12. The molecule has 0 bridgehead atoms. The molecule has 0 aliphatic carbocycles. The number of aromatic nitrogens is 1. The maximum atomic E-state index is 12.9. The van der Waals surface area contributed by atoms with Crippen molar-refractivity contribution in [2.75, 3.05) is 6.54 Å². The highest BCUT2D eigenvalue weighted by Crippen LogP contribution is 2.34. The summed E-state index contributed by atoms with van der Waals surface area (Å²) in [5.41, 5.74) is 3.87. The number of thioether (sulfide) groups is 1. The van der Waals surface area contributed by atoms with E-state index in [0.717, 1.165) is 43.8 Å². The number of carbonyl (C=O) groups excluding carboxylic acids is 3. The van der Waals surface area contributed by atoms with Gasteiger partial charge in [-0.1, -0.05) is 28.1 Å². The average Bonchev–Trinajstić information content (AvgIpc) is 3.23. The number of carboxylic acid groups (broad SMARTS) is 1. The Morgan fingerprint density at radius 1 is 1.00 bits per heavy atom. The summed E-state index contributed by atoms with van der Waals surface area (Å²) in [5, 5.41) is 8.63. The fraction of sp³-hybridized carbons (Fsp3) is 0.120. The van der Waals surface area contributed by atoms with Gasteiger partial charge in [0.05, 0.1) is 17.0 Å². The van der Waals surface area contributed by atoms with Crippen LogP contribution in [0.15, 0.2) is 64.0 Å². The lowest BCUT2D eigenvalue weighted by Crippen LogP contribution is -2.33. The first-order chi connectivity index (χ1) is 16.2. The summed E-state index contributed by atoms with van der Waals surface area (Å²) in [5.74, 6) is -1.82. The second-order valence-corrected chi connectivity index (χ2v) is 9.62. The fourth-order valence-corrected chi connectivity index (χ4v) is 4.83. The van der Waals surface area contributed by atoms with Crippen LogP contribution in [0.5, 0.6) is 0 Å². The Kier molecular flexibility index (Phi) is 6.58. The van der Waals surface area contributed by atoms with Crippen LogP contribution in [0, 0.1) is 13.8 Å². The van der Waals surface area contributed by atoms with E-state index < -0.39 is 17.1 Å². The van der Waals surface area contributed by atoms with Crippen LogP contribution in [0.25, 0.3) is 11.8 Å². The molecule has 2 heterocycles. The van der Waals surface area contributed by atoms with Crippen LogP contribution < -0.4 is 0 Å². The van der Waals surface area contributed by atoms with Crippen molar-refractivity contribution in [3.05, 3.63) is 92.1 Å². The number of amides is 2. The number of nitrogens with zero attached hydrogens (tertiary/aromatic N) is 2. The third kappa shape index (κ3) is 4.62. The SMILES string of the molecule is Cc1cc(/C=C2/SC(=O)N(CC(=O)c3ccc(Br)cc3)C2=O)c(C)n1-c1ccc(C(=O)O)cc1. The van der Waals surface area contributed by atoms with Crippen LogP contribution in [0.4, 0.5) is 4.79 Å². The molecule has 0 unspecified atom stereocenters. The molecule has 0 saturated carbocycles. The summed E-state index contributed by atoms with van der Waals surface area (Å²) in [6.45, 7) is 3.46. The van der Waals surface area contributed by atoms with Crippen molar-refractivity contribution >= 4 is 56.7 Å². The van der Waals surface area contributed by atoms with Crippen LogP contribution in [0.3, 0.4) is 0 Å². The normalized spacial score (nSPS) is 14.8. The van der Waals surface area contributed by atoms with Gasteiger partial charge >= 0.3 is 5.97 Å². The van der Waals surface area contributed by atoms with Crippen LogP contribution >= 0.6 is 27.7 Å². The molecule has 2 amide bonds. The Hall–Kier alpha value is -3.43. The van der Waals surface area contributed by atoms with Gasteiger partial charge in [-0.05, 0) is 79.7 Å². The van der Waals surface area contributed by atoms with Gasteiger partial charge < -0.3 is 9.67 Å². The largest absolute Gasteiger partial charge is 0.478 e. The predicted molar refractivity (Wildman–Crippen MR) is 133 cm³/mol. The van der Waals surface area contributed by atoms with Crippen molar-refractivity contribution in [1.29, 1.82) is 0 Å². The van der Waals surface area contributed by atoms with Crippen molar-refractivity contribution in [3.63, 3.8) is 0 Å². The standard InChI is InChI=1S/C25H19BrN2O5S/c1-14-11-18(15(2)28(14)20-9-5-17(6-10-20)24(31)32)12-22-23(30)27(25(33)34-22)13-21(29)16-3-7-19(26)8-4-16/h3-12H,13H2,1-2H3,(H,31,32)/b22-12+. The van der Waals surface area contributed by atoms with Crippen LogP contribution in [0.1, 0.15) is 37.7 Å². The summed E-state index contributed by atoms with van der Waals surface area (Å²) in [6.07, 6.45) is 1.65. The van der Waals surface area contributed by atoms with Crippen LogP contribution in [-0.4, -0.2) is 44.0 Å². The first-order valence-corrected chi connectivity index (χ1v) is 11.8. The number of rotatable bonds is 6. The lowest BCUT2D eigenvalue weighted by Gasteiger charge is -2.11. The topological polar surface area (TPSA) is 96.7 Å². The first kappa shape index (κ1) is 23.7. The Balaban J connectivity index is 1.57. The van der Waals surface area contributed by atoms with Crippen LogP contribution in [0.2, 0.25) is 0 Å². The van der Waals surface area contributed by atoms with Gasteiger partial charge in [0.1, 0.15) is 0 Å². The zero-order valence-electron chi connectivity index (χ0n) is 18.2. The quantitative estimate of drug-likeness (QED) is 0.330. The minimum Gasteiger partial charge on any atom is -0.478 e. The van der Waals surface area contributed by atoms with E-state index in [1.165, 1.54) is 12.1 Å².